The molecule has 1 aliphatic carbocycles. The van der Waals surface area contributed by atoms with Crippen LogP contribution in [0.5, 0.6) is 5.88 Å². The molecule has 2 heterocycles. The van der Waals surface area contributed by atoms with E-state index in [-0.39, 0.29) is 5.91 Å². The normalized spacial score (nSPS) is 15.9. The Morgan fingerprint density at radius 3 is 2.76 bits per heavy atom. The lowest BCUT2D eigenvalue weighted by atomic mass is 9.95. The van der Waals surface area contributed by atoms with E-state index in [1.165, 1.54) is 19.3 Å². The molecule has 5 nitrogen and oxygen atoms in total. The number of hydrogen-bond acceptors (Lipinski definition) is 4. The van der Waals surface area contributed by atoms with Gasteiger partial charge < -0.3 is 10.1 Å². The number of nitrogens with one attached hydrogen (secondary N) is 1. The Hall–Kier alpha value is -2.17. The van der Waals surface area contributed by atoms with Gasteiger partial charge in [0.15, 0.2) is 0 Å². The average Bonchev–Trinajstić information content (AvgIpc) is 2.54. The van der Waals surface area contributed by atoms with Crippen LogP contribution in [0.1, 0.15) is 42.5 Å². The van der Waals surface area contributed by atoms with Crippen LogP contribution in [0.3, 0.4) is 0 Å². The van der Waals surface area contributed by atoms with Crippen molar-refractivity contribution in [2.24, 2.45) is 0 Å². The predicted molar refractivity (Wildman–Crippen MR) is 80.4 cm³/mol. The molecule has 21 heavy (non-hydrogen) atoms. The Kier molecular flexibility index (Phi) is 3.99. The smallest absolute Gasteiger partial charge is 0.253 e. The third-order valence-electron chi connectivity index (χ3n) is 3.95. The molecule has 1 aliphatic rings. The summed E-state index contributed by atoms with van der Waals surface area (Å²) in [7, 11) is 1.57. The van der Waals surface area contributed by atoms with Gasteiger partial charge >= 0.3 is 0 Å². The molecule has 2 aromatic rings. The van der Waals surface area contributed by atoms with Crippen molar-refractivity contribution in [1.29, 1.82) is 0 Å². The molecule has 0 aromatic carbocycles. The van der Waals surface area contributed by atoms with Gasteiger partial charge in [-0.1, -0.05) is 19.3 Å². The monoisotopic (exact) mass is 285 g/mol. The molecule has 0 atom stereocenters. The van der Waals surface area contributed by atoms with E-state index in [2.05, 4.69) is 15.3 Å². The van der Waals surface area contributed by atoms with Gasteiger partial charge in [-0.2, -0.15) is 0 Å². The topological polar surface area (TPSA) is 64.1 Å². The van der Waals surface area contributed by atoms with Gasteiger partial charge in [0.2, 0.25) is 5.88 Å². The highest BCUT2D eigenvalue weighted by molar-refractivity contribution is 5.97. The van der Waals surface area contributed by atoms with Crippen LogP contribution in [0.25, 0.3) is 10.9 Å². The molecule has 3 rings (SSSR count). The van der Waals surface area contributed by atoms with Gasteiger partial charge in [-0.15, -0.1) is 0 Å². The third-order valence-corrected chi connectivity index (χ3v) is 3.95. The maximum atomic E-state index is 12.3. The molecule has 5 heteroatoms. The number of rotatable bonds is 3. The Bertz CT molecular complexity index is 651. The van der Waals surface area contributed by atoms with E-state index in [0.717, 1.165) is 23.7 Å². The third kappa shape index (κ3) is 3.12. The molecule has 0 spiro atoms. The first-order valence-corrected chi connectivity index (χ1v) is 7.37. The van der Waals surface area contributed by atoms with E-state index in [1.807, 2.05) is 6.07 Å². The number of carbonyl (C=O) groups excluding carboxylic acids is 1. The van der Waals surface area contributed by atoms with Gasteiger partial charge in [0, 0.05) is 29.9 Å². The molecule has 0 bridgehead atoms. The summed E-state index contributed by atoms with van der Waals surface area (Å²) in [5.74, 6) is 0.474. The standard InChI is InChI=1S/C16H19N3O2/c1-21-15-8-14-11(9-18-15)7-12(10-17-14)16(20)19-13-5-3-2-4-6-13/h7-10,13H,2-6H2,1H3,(H,19,20). The lowest BCUT2D eigenvalue weighted by molar-refractivity contribution is 0.0927. The summed E-state index contributed by atoms with van der Waals surface area (Å²) in [6, 6.07) is 3.89. The number of aromatic nitrogens is 2. The molecule has 110 valence electrons. The number of pyridine rings is 2. The quantitative estimate of drug-likeness (QED) is 0.941. The molecule has 0 aliphatic heterocycles. The number of carbonyl (C=O) groups is 1. The van der Waals surface area contributed by atoms with Crippen molar-refractivity contribution in [1.82, 2.24) is 15.3 Å². The van der Waals surface area contributed by atoms with E-state index in [1.54, 1.807) is 25.6 Å². The SMILES string of the molecule is COc1cc2ncc(C(=O)NC3CCCCC3)cc2cn1. The van der Waals surface area contributed by atoms with Crippen molar-refractivity contribution >= 4 is 16.8 Å². The summed E-state index contributed by atoms with van der Waals surface area (Å²) in [4.78, 5) is 20.8. The molecule has 1 amide bonds. The Labute approximate surface area is 123 Å². The van der Waals surface area contributed by atoms with Gasteiger partial charge in [0.05, 0.1) is 18.2 Å². The van der Waals surface area contributed by atoms with Crippen molar-refractivity contribution in [3.8, 4) is 5.88 Å². The molecule has 0 saturated heterocycles. The summed E-state index contributed by atoms with van der Waals surface area (Å²) in [5.41, 5.74) is 1.36. The maximum absolute atomic E-state index is 12.3. The van der Waals surface area contributed by atoms with E-state index < -0.39 is 0 Å². The van der Waals surface area contributed by atoms with Gasteiger partial charge in [-0.05, 0) is 18.9 Å². The highest BCUT2D eigenvalue weighted by atomic mass is 16.5. The molecular weight excluding hydrogens is 266 g/mol. The van der Waals surface area contributed by atoms with Crippen molar-refractivity contribution in [3.63, 3.8) is 0 Å². The van der Waals surface area contributed by atoms with Crippen molar-refractivity contribution in [3.05, 3.63) is 30.1 Å². The van der Waals surface area contributed by atoms with E-state index in [9.17, 15) is 4.79 Å². The molecule has 0 radical (unpaired) electrons. The molecule has 1 fully saturated rings. The summed E-state index contributed by atoms with van der Waals surface area (Å²) >= 11 is 0. The molecule has 2 aromatic heterocycles. The van der Waals surface area contributed by atoms with E-state index >= 15 is 0 Å². The lowest BCUT2D eigenvalue weighted by Crippen LogP contribution is -2.36. The zero-order valence-corrected chi connectivity index (χ0v) is 12.1. The van der Waals surface area contributed by atoms with Crippen molar-refractivity contribution in [2.75, 3.05) is 7.11 Å². The van der Waals surface area contributed by atoms with Crippen molar-refractivity contribution < 1.29 is 9.53 Å². The Morgan fingerprint density at radius 1 is 1.19 bits per heavy atom. The van der Waals surface area contributed by atoms with Crippen LogP contribution in [0.15, 0.2) is 24.5 Å². The zero-order chi connectivity index (χ0) is 14.7. The van der Waals surface area contributed by atoms with E-state index in [4.69, 9.17) is 4.74 Å². The number of hydrogen-bond donors (Lipinski definition) is 1. The molecule has 1 N–H and O–H groups in total. The van der Waals surface area contributed by atoms with E-state index in [0.29, 0.717) is 17.5 Å². The highest BCUT2D eigenvalue weighted by Gasteiger charge is 2.17. The van der Waals surface area contributed by atoms with Crippen LogP contribution in [0.4, 0.5) is 0 Å². The largest absolute Gasteiger partial charge is 0.481 e. The number of nitrogens with zero attached hydrogens (tertiary/aromatic N) is 2. The minimum Gasteiger partial charge on any atom is -0.481 e. The van der Waals surface area contributed by atoms with Gasteiger partial charge in [-0.3, -0.25) is 9.78 Å². The minimum absolute atomic E-state index is 0.0490. The summed E-state index contributed by atoms with van der Waals surface area (Å²) < 4.78 is 5.07. The Balaban J connectivity index is 1.78. The fourth-order valence-corrected chi connectivity index (χ4v) is 2.76. The van der Waals surface area contributed by atoms with Gasteiger partial charge in [0.25, 0.3) is 5.91 Å². The first-order chi connectivity index (χ1) is 10.3. The summed E-state index contributed by atoms with van der Waals surface area (Å²) in [6.07, 6.45) is 9.11. The highest BCUT2D eigenvalue weighted by Crippen LogP contribution is 2.19. The fraction of sp³-hybridized carbons (Fsp3) is 0.438. The molecule has 0 unspecified atom stereocenters. The number of amides is 1. The second-order valence-electron chi connectivity index (χ2n) is 5.45. The number of fused-ring (bicyclic) bond motifs is 1. The zero-order valence-electron chi connectivity index (χ0n) is 12.1. The van der Waals surface area contributed by atoms with Crippen LogP contribution < -0.4 is 10.1 Å². The number of ether oxygens (including phenoxy) is 1. The predicted octanol–water partition coefficient (Wildman–Crippen LogP) is 2.70. The second kappa shape index (κ2) is 6.08. The first kappa shape index (κ1) is 13.8. The van der Waals surface area contributed by atoms with Crippen LogP contribution in [0.2, 0.25) is 0 Å². The average molecular weight is 285 g/mol. The Morgan fingerprint density at radius 2 is 2.00 bits per heavy atom. The van der Waals surface area contributed by atoms with Crippen LogP contribution >= 0.6 is 0 Å². The fourth-order valence-electron chi connectivity index (χ4n) is 2.76. The van der Waals surface area contributed by atoms with Crippen LogP contribution in [0, 0.1) is 0 Å². The van der Waals surface area contributed by atoms with Gasteiger partial charge in [-0.25, -0.2) is 4.98 Å². The van der Waals surface area contributed by atoms with Crippen LogP contribution in [-0.2, 0) is 0 Å². The summed E-state index contributed by atoms with van der Waals surface area (Å²) in [6.45, 7) is 0. The van der Waals surface area contributed by atoms with Crippen molar-refractivity contribution in [2.45, 2.75) is 38.1 Å². The minimum atomic E-state index is -0.0490. The molecule has 1 saturated carbocycles. The lowest BCUT2D eigenvalue weighted by Gasteiger charge is -2.22. The molecular formula is C16H19N3O2. The second-order valence-corrected chi connectivity index (χ2v) is 5.45. The first-order valence-electron chi connectivity index (χ1n) is 7.37. The number of methoxy groups -OCH3 is 1. The summed E-state index contributed by atoms with van der Waals surface area (Å²) in [5, 5.41) is 3.94. The van der Waals surface area contributed by atoms with Crippen LogP contribution in [-0.4, -0.2) is 29.0 Å². The maximum Gasteiger partial charge on any atom is 0.253 e. The van der Waals surface area contributed by atoms with Gasteiger partial charge in [0.1, 0.15) is 0 Å².